The summed E-state index contributed by atoms with van der Waals surface area (Å²) in [6.07, 6.45) is 4.80. The van der Waals surface area contributed by atoms with Crippen LogP contribution in [-0.2, 0) is 14.3 Å². The minimum Gasteiger partial charge on any atom is -0.481 e. The molecule has 7 nitrogen and oxygen atoms in total. The standard InChI is InChI=1S/C28H32N2O5/c31-26(32)15-24(18-6-5-7-18)29-27(33)25(14-17-12-13-17)30-28(34)35-16-23-21-10-3-1-8-19(21)20-9-2-4-11-22(20)23/h1-4,8-11,17-18,23-25H,5-7,12-16H2,(H,29,33)(H,30,34)(H,31,32)/t24?,25-/m0/s1. The lowest BCUT2D eigenvalue weighted by atomic mass is 9.78. The largest absolute Gasteiger partial charge is 0.481 e. The van der Waals surface area contributed by atoms with Crippen molar-refractivity contribution in [1.82, 2.24) is 10.6 Å². The number of aliphatic carboxylic acids is 1. The fourth-order valence-corrected chi connectivity index (χ4v) is 5.35. The number of carbonyl (C=O) groups excluding carboxylic acids is 2. The summed E-state index contributed by atoms with van der Waals surface area (Å²) in [7, 11) is 0. The van der Waals surface area contributed by atoms with E-state index in [4.69, 9.17) is 4.74 Å². The lowest BCUT2D eigenvalue weighted by molar-refractivity contribution is -0.138. The van der Waals surface area contributed by atoms with Crippen LogP contribution in [0.1, 0.15) is 62.0 Å². The van der Waals surface area contributed by atoms with Crippen molar-refractivity contribution in [2.75, 3.05) is 6.61 Å². The zero-order chi connectivity index (χ0) is 24.4. The number of alkyl carbamates (subject to hydrolysis) is 1. The molecule has 3 N–H and O–H groups in total. The Kier molecular flexibility index (Phi) is 6.75. The molecule has 2 amide bonds. The Morgan fingerprint density at radius 1 is 0.914 bits per heavy atom. The number of benzene rings is 2. The molecule has 3 aliphatic rings. The van der Waals surface area contributed by atoms with Crippen LogP contribution in [0.4, 0.5) is 4.79 Å². The third-order valence-electron chi connectivity index (χ3n) is 7.66. The molecule has 2 fully saturated rings. The van der Waals surface area contributed by atoms with Gasteiger partial charge in [0, 0.05) is 12.0 Å². The number of carboxylic acid groups (broad SMARTS) is 1. The summed E-state index contributed by atoms with van der Waals surface area (Å²) in [5, 5.41) is 15.0. The van der Waals surface area contributed by atoms with Crippen LogP contribution in [0.5, 0.6) is 0 Å². The van der Waals surface area contributed by atoms with Crippen molar-refractivity contribution in [2.45, 2.75) is 62.9 Å². The molecule has 3 aliphatic carbocycles. The van der Waals surface area contributed by atoms with Crippen LogP contribution in [0.15, 0.2) is 48.5 Å². The van der Waals surface area contributed by atoms with Crippen LogP contribution in [0.3, 0.4) is 0 Å². The highest BCUT2D eigenvalue weighted by molar-refractivity contribution is 5.86. The highest BCUT2D eigenvalue weighted by atomic mass is 16.5. The van der Waals surface area contributed by atoms with Gasteiger partial charge in [0.15, 0.2) is 0 Å². The monoisotopic (exact) mass is 476 g/mol. The molecule has 184 valence electrons. The molecule has 5 rings (SSSR count). The third-order valence-corrected chi connectivity index (χ3v) is 7.66. The number of carbonyl (C=O) groups is 3. The van der Waals surface area contributed by atoms with Crippen molar-refractivity contribution in [2.24, 2.45) is 11.8 Å². The average Bonchev–Trinajstić information content (AvgIpc) is 3.56. The lowest BCUT2D eigenvalue weighted by Crippen LogP contribution is -2.53. The summed E-state index contributed by atoms with van der Waals surface area (Å²) in [4.78, 5) is 37.2. The zero-order valence-electron chi connectivity index (χ0n) is 19.7. The zero-order valence-corrected chi connectivity index (χ0v) is 19.7. The van der Waals surface area contributed by atoms with Crippen molar-refractivity contribution >= 4 is 18.0 Å². The van der Waals surface area contributed by atoms with Crippen molar-refractivity contribution < 1.29 is 24.2 Å². The Hall–Kier alpha value is -3.35. The molecule has 0 aliphatic heterocycles. The molecule has 2 atom stereocenters. The smallest absolute Gasteiger partial charge is 0.407 e. The fraction of sp³-hybridized carbons (Fsp3) is 0.464. The first-order chi connectivity index (χ1) is 17.0. The predicted molar refractivity (Wildman–Crippen MR) is 131 cm³/mol. The highest BCUT2D eigenvalue weighted by Crippen LogP contribution is 2.44. The van der Waals surface area contributed by atoms with Gasteiger partial charge in [-0.05, 0) is 53.4 Å². The normalized spacial score (nSPS) is 18.5. The third kappa shape index (κ3) is 5.34. The fourth-order valence-electron chi connectivity index (χ4n) is 5.35. The van der Waals surface area contributed by atoms with E-state index in [1.165, 1.54) is 0 Å². The molecule has 0 heterocycles. The molecule has 0 aromatic heterocycles. The van der Waals surface area contributed by atoms with E-state index in [-0.39, 0.29) is 30.8 Å². The number of carboxylic acids is 1. The summed E-state index contributed by atoms with van der Waals surface area (Å²) in [5.41, 5.74) is 4.57. The van der Waals surface area contributed by atoms with E-state index in [0.717, 1.165) is 54.4 Å². The van der Waals surface area contributed by atoms with Crippen molar-refractivity contribution in [1.29, 1.82) is 0 Å². The van der Waals surface area contributed by atoms with Gasteiger partial charge in [-0.1, -0.05) is 67.8 Å². The summed E-state index contributed by atoms with van der Waals surface area (Å²) < 4.78 is 5.65. The van der Waals surface area contributed by atoms with Gasteiger partial charge in [0.05, 0.1) is 6.42 Å². The van der Waals surface area contributed by atoms with Crippen LogP contribution in [0.25, 0.3) is 11.1 Å². The number of hydrogen-bond donors (Lipinski definition) is 3. The summed E-state index contributed by atoms with van der Waals surface area (Å²) >= 11 is 0. The molecule has 0 radical (unpaired) electrons. The summed E-state index contributed by atoms with van der Waals surface area (Å²) in [6, 6.07) is 15.2. The van der Waals surface area contributed by atoms with E-state index in [9.17, 15) is 19.5 Å². The lowest BCUT2D eigenvalue weighted by Gasteiger charge is -2.34. The van der Waals surface area contributed by atoms with E-state index >= 15 is 0 Å². The number of hydrogen-bond acceptors (Lipinski definition) is 4. The van der Waals surface area contributed by atoms with Gasteiger partial charge in [0.25, 0.3) is 0 Å². The molecule has 1 unspecified atom stereocenters. The Morgan fingerprint density at radius 2 is 1.54 bits per heavy atom. The Morgan fingerprint density at radius 3 is 2.09 bits per heavy atom. The van der Waals surface area contributed by atoms with Crippen LogP contribution < -0.4 is 10.6 Å². The second-order valence-corrected chi connectivity index (χ2v) is 10.1. The number of amides is 2. The first kappa shape index (κ1) is 23.4. The summed E-state index contributed by atoms with van der Waals surface area (Å²) in [6.45, 7) is 0.182. The van der Waals surface area contributed by atoms with Crippen LogP contribution >= 0.6 is 0 Å². The maximum Gasteiger partial charge on any atom is 0.407 e. The average molecular weight is 477 g/mol. The van der Waals surface area contributed by atoms with Crippen molar-refractivity contribution in [3.63, 3.8) is 0 Å². The maximum absolute atomic E-state index is 13.1. The number of nitrogens with one attached hydrogen (secondary N) is 2. The van der Waals surface area contributed by atoms with Crippen molar-refractivity contribution in [3.8, 4) is 11.1 Å². The predicted octanol–water partition coefficient (Wildman–Crippen LogP) is 4.45. The molecule has 7 heteroatoms. The number of fused-ring (bicyclic) bond motifs is 3. The Balaban J connectivity index is 1.22. The molecular formula is C28H32N2O5. The van der Waals surface area contributed by atoms with E-state index in [1.807, 2.05) is 24.3 Å². The van der Waals surface area contributed by atoms with Gasteiger partial charge < -0.3 is 20.5 Å². The second-order valence-electron chi connectivity index (χ2n) is 10.1. The quantitative estimate of drug-likeness (QED) is 0.470. The maximum atomic E-state index is 13.1. The van der Waals surface area contributed by atoms with Crippen LogP contribution in [-0.4, -0.2) is 41.8 Å². The molecule has 2 aromatic rings. The molecule has 0 bridgehead atoms. The van der Waals surface area contributed by atoms with Gasteiger partial charge in [-0.3, -0.25) is 9.59 Å². The number of rotatable bonds is 10. The first-order valence-corrected chi connectivity index (χ1v) is 12.6. The minimum absolute atomic E-state index is 0.0533. The van der Waals surface area contributed by atoms with Gasteiger partial charge in [0.1, 0.15) is 12.6 Å². The SMILES string of the molecule is O=C(O)CC(NC(=O)[C@H](CC1CC1)NC(=O)OCC1c2ccccc2-c2ccccc21)C1CCC1. The van der Waals surface area contributed by atoms with Gasteiger partial charge in [-0.15, -0.1) is 0 Å². The van der Waals surface area contributed by atoms with Crippen molar-refractivity contribution in [3.05, 3.63) is 59.7 Å². The summed E-state index contributed by atoms with van der Waals surface area (Å²) in [5.74, 6) is -0.705. The second kappa shape index (κ2) is 10.1. The van der Waals surface area contributed by atoms with E-state index in [1.54, 1.807) is 0 Å². The molecule has 0 saturated heterocycles. The molecule has 2 saturated carbocycles. The molecular weight excluding hydrogens is 444 g/mol. The number of ether oxygens (including phenoxy) is 1. The minimum atomic E-state index is -0.926. The van der Waals surface area contributed by atoms with E-state index in [2.05, 4.69) is 34.9 Å². The molecule has 0 spiro atoms. The van der Waals surface area contributed by atoms with E-state index in [0.29, 0.717) is 12.3 Å². The molecule has 2 aromatic carbocycles. The van der Waals surface area contributed by atoms with Crippen LogP contribution in [0, 0.1) is 11.8 Å². The van der Waals surface area contributed by atoms with Gasteiger partial charge in [-0.25, -0.2) is 4.79 Å². The highest BCUT2D eigenvalue weighted by Gasteiger charge is 2.35. The van der Waals surface area contributed by atoms with Gasteiger partial charge in [-0.2, -0.15) is 0 Å². The Labute approximate surface area is 205 Å². The first-order valence-electron chi connectivity index (χ1n) is 12.6. The van der Waals surface area contributed by atoms with Gasteiger partial charge >= 0.3 is 12.1 Å². The van der Waals surface area contributed by atoms with Gasteiger partial charge in [0.2, 0.25) is 5.91 Å². The van der Waals surface area contributed by atoms with Crippen LogP contribution in [0.2, 0.25) is 0 Å². The van der Waals surface area contributed by atoms with E-state index < -0.39 is 24.1 Å². The Bertz CT molecular complexity index is 1060. The molecule has 35 heavy (non-hydrogen) atoms. The topological polar surface area (TPSA) is 105 Å².